The zero-order valence-corrected chi connectivity index (χ0v) is 11.3. The van der Waals surface area contributed by atoms with E-state index in [0.29, 0.717) is 13.0 Å². The van der Waals surface area contributed by atoms with Crippen LogP contribution >= 0.6 is 0 Å². The molecular formula is C16H18N2O2. The molecule has 1 saturated carbocycles. The number of aromatic amines is 1. The Kier molecular flexibility index (Phi) is 2.45. The number of nitrogens with zero attached hydrogens (tertiary/aromatic N) is 1. The highest BCUT2D eigenvalue weighted by Gasteiger charge is 2.55. The lowest BCUT2D eigenvalue weighted by Crippen LogP contribution is -2.30. The number of amides is 1. The summed E-state index contributed by atoms with van der Waals surface area (Å²) < 4.78 is 0. The molecule has 1 aromatic carbocycles. The van der Waals surface area contributed by atoms with Crippen LogP contribution in [0.2, 0.25) is 0 Å². The monoisotopic (exact) mass is 270 g/mol. The van der Waals surface area contributed by atoms with E-state index in [1.807, 2.05) is 35.4 Å². The Morgan fingerprint density at radius 2 is 2.20 bits per heavy atom. The maximum Gasteiger partial charge on any atom is 0.227 e. The largest absolute Gasteiger partial charge is 0.391 e. The Hall–Kier alpha value is -1.81. The number of para-hydroxylation sites is 1. The molecule has 1 aliphatic heterocycles. The Morgan fingerprint density at radius 3 is 2.95 bits per heavy atom. The molecule has 2 aliphatic rings. The molecule has 1 saturated heterocycles. The summed E-state index contributed by atoms with van der Waals surface area (Å²) in [5.74, 6) is 0.123. The molecule has 2 fully saturated rings. The number of hydrogen-bond acceptors (Lipinski definition) is 2. The van der Waals surface area contributed by atoms with Gasteiger partial charge in [-0.25, -0.2) is 0 Å². The van der Waals surface area contributed by atoms with E-state index in [0.717, 1.165) is 35.9 Å². The Bertz CT molecular complexity index is 672. The van der Waals surface area contributed by atoms with Crippen molar-refractivity contribution in [3.05, 3.63) is 36.0 Å². The van der Waals surface area contributed by atoms with Gasteiger partial charge >= 0.3 is 0 Å². The molecule has 2 aromatic rings. The molecule has 1 atom stereocenters. The second-order valence-corrected chi connectivity index (χ2v) is 6.19. The first-order valence-corrected chi connectivity index (χ1v) is 7.19. The lowest BCUT2D eigenvalue weighted by Gasteiger charge is -2.15. The molecule has 1 unspecified atom stereocenters. The molecular weight excluding hydrogens is 252 g/mol. The number of aliphatic hydroxyl groups is 1. The van der Waals surface area contributed by atoms with E-state index in [9.17, 15) is 9.90 Å². The zero-order valence-electron chi connectivity index (χ0n) is 11.3. The molecule has 4 heteroatoms. The number of likely N-dealkylation sites (tertiary alicyclic amines) is 1. The maximum absolute atomic E-state index is 12.4. The molecule has 104 valence electrons. The fraction of sp³-hybridized carbons (Fsp3) is 0.438. The van der Waals surface area contributed by atoms with Crippen molar-refractivity contribution in [2.75, 3.05) is 13.1 Å². The fourth-order valence-electron chi connectivity index (χ4n) is 3.35. The van der Waals surface area contributed by atoms with E-state index in [1.165, 1.54) is 0 Å². The molecule has 0 radical (unpaired) electrons. The number of rotatable bonds is 2. The predicted molar refractivity (Wildman–Crippen MR) is 76.3 cm³/mol. The number of β-amino-alcohol motifs (C(OH)–C–C–N with tert-alkyl or cyclic N) is 1. The molecule has 1 spiro atoms. The summed E-state index contributed by atoms with van der Waals surface area (Å²) in [6.07, 6.45) is 4.12. The van der Waals surface area contributed by atoms with Gasteiger partial charge < -0.3 is 15.0 Å². The average molecular weight is 270 g/mol. The first-order chi connectivity index (χ1) is 9.68. The minimum Gasteiger partial charge on any atom is -0.391 e. The van der Waals surface area contributed by atoms with Crippen molar-refractivity contribution >= 4 is 16.8 Å². The number of carbonyl (C=O) groups is 1. The van der Waals surface area contributed by atoms with E-state index in [1.54, 1.807) is 0 Å². The van der Waals surface area contributed by atoms with Crippen molar-refractivity contribution in [3.8, 4) is 0 Å². The number of hydrogen-bond donors (Lipinski definition) is 2. The van der Waals surface area contributed by atoms with Gasteiger partial charge in [-0.1, -0.05) is 18.2 Å². The summed E-state index contributed by atoms with van der Waals surface area (Å²) >= 11 is 0. The number of aromatic nitrogens is 1. The minimum absolute atomic E-state index is 0.0376. The third-order valence-electron chi connectivity index (χ3n) is 4.87. The summed E-state index contributed by atoms with van der Waals surface area (Å²) in [5.41, 5.74) is 2.14. The third-order valence-corrected chi connectivity index (χ3v) is 4.87. The van der Waals surface area contributed by atoms with Crippen molar-refractivity contribution < 1.29 is 9.90 Å². The molecule has 4 rings (SSSR count). The van der Waals surface area contributed by atoms with Crippen LogP contribution in [0.1, 0.15) is 18.4 Å². The van der Waals surface area contributed by atoms with E-state index >= 15 is 0 Å². The van der Waals surface area contributed by atoms with Crippen LogP contribution in [-0.2, 0) is 11.2 Å². The van der Waals surface area contributed by atoms with E-state index in [-0.39, 0.29) is 17.4 Å². The van der Waals surface area contributed by atoms with Crippen LogP contribution in [0, 0.1) is 5.41 Å². The highest BCUT2D eigenvalue weighted by atomic mass is 16.3. The van der Waals surface area contributed by atoms with Crippen molar-refractivity contribution in [2.45, 2.75) is 25.4 Å². The van der Waals surface area contributed by atoms with Crippen molar-refractivity contribution in [3.63, 3.8) is 0 Å². The normalized spacial score (nSPS) is 23.6. The van der Waals surface area contributed by atoms with Gasteiger partial charge in [0.2, 0.25) is 5.91 Å². The molecule has 1 aliphatic carbocycles. The Labute approximate surface area is 117 Å². The number of benzene rings is 1. The van der Waals surface area contributed by atoms with Gasteiger partial charge in [-0.2, -0.15) is 0 Å². The lowest BCUT2D eigenvalue weighted by atomic mass is 10.0. The highest BCUT2D eigenvalue weighted by Crippen LogP contribution is 2.52. The van der Waals surface area contributed by atoms with E-state index in [2.05, 4.69) is 4.98 Å². The highest BCUT2D eigenvalue weighted by molar-refractivity contribution is 5.89. The second kappa shape index (κ2) is 4.09. The van der Waals surface area contributed by atoms with Crippen LogP contribution in [0.25, 0.3) is 10.9 Å². The molecule has 20 heavy (non-hydrogen) atoms. The van der Waals surface area contributed by atoms with Gasteiger partial charge in [-0.05, 0) is 24.5 Å². The SMILES string of the molecule is O=C(Cc1c[nH]c2ccccc12)N1CC(O)C2(CC2)C1. The molecule has 1 aromatic heterocycles. The van der Waals surface area contributed by atoms with Crippen LogP contribution in [0.4, 0.5) is 0 Å². The molecule has 0 bridgehead atoms. The summed E-state index contributed by atoms with van der Waals surface area (Å²) in [7, 11) is 0. The topological polar surface area (TPSA) is 56.3 Å². The Morgan fingerprint density at radius 1 is 1.40 bits per heavy atom. The first-order valence-electron chi connectivity index (χ1n) is 7.19. The van der Waals surface area contributed by atoms with Gasteiger partial charge in [-0.3, -0.25) is 4.79 Å². The zero-order chi connectivity index (χ0) is 13.7. The Balaban J connectivity index is 1.53. The standard InChI is InChI=1S/C16H18N2O2/c19-14-9-18(10-16(14)5-6-16)15(20)7-11-8-17-13-4-2-1-3-12(11)13/h1-4,8,14,17,19H,5-7,9-10H2. The van der Waals surface area contributed by atoms with Gasteiger partial charge in [0.15, 0.2) is 0 Å². The van der Waals surface area contributed by atoms with Gasteiger partial charge in [0.05, 0.1) is 12.5 Å². The van der Waals surface area contributed by atoms with E-state index < -0.39 is 0 Å². The smallest absolute Gasteiger partial charge is 0.227 e. The van der Waals surface area contributed by atoms with Crippen LogP contribution < -0.4 is 0 Å². The van der Waals surface area contributed by atoms with Crippen LogP contribution in [0.15, 0.2) is 30.5 Å². The molecule has 2 heterocycles. The molecule has 2 N–H and O–H groups in total. The van der Waals surface area contributed by atoms with Crippen molar-refractivity contribution in [1.82, 2.24) is 9.88 Å². The van der Waals surface area contributed by atoms with Gasteiger partial charge in [0.25, 0.3) is 0 Å². The third kappa shape index (κ3) is 1.75. The first kappa shape index (κ1) is 12.0. The average Bonchev–Trinajstić information content (AvgIpc) is 3.01. The van der Waals surface area contributed by atoms with Crippen molar-refractivity contribution in [1.29, 1.82) is 0 Å². The molecule has 4 nitrogen and oxygen atoms in total. The fourth-order valence-corrected chi connectivity index (χ4v) is 3.35. The number of fused-ring (bicyclic) bond motifs is 1. The number of aliphatic hydroxyl groups excluding tert-OH is 1. The minimum atomic E-state index is -0.325. The lowest BCUT2D eigenvalue weighted by molar-refractivity contribution is -0.129. The quantitative estimate of drug-likeness (QED) is 0.872. The number of nitrogens with one attached hydrogen (secondary N) is 1. The van der Waals surface area contributed by atoms with Crippen LogP contribution in [0.5, 0.6) is 0 Å². The summed E-state index contributed by atoms with van der Waals surface area (Å²) in [6.45, 7) is 1.23. The number of H-pyrrole nitrogens is 1. The van der Waals surface area contributed by atoms with E-state index in [4.69, 9.17) is 0 Å². The van der Waals surface area contributed by atoms with Gasteiger partial charge in [-0.15, -0.1) is 0 Å². The van der Waals surface area contributed by atoms with Gasteiger partial charge in [0.1, 0.15) is 0 Å². The maximum atomic E-state index is 12.4. The second-order valence-electron chi connectivity index (χ2n) is 6.19. The van der Waals surface area contributed by atoms with Crippen LogP contribution in [-0.4, -0.2) is 40.1 Å². The molecule has 1 amide bonds. The predicted octanol–water partition coefficient (Wildman–Crippen LogP) is 1.69. The summed E-state index contributed by atoms with van der Waals surface area (Å²) in [6, 6.07) is 8.03. The van der Waals surface area contributed by atoms with Crippen LogP contribution in [0.3, 0.4) is 0 Å². The number of carbonyl (C=O) groups excluding carboxylic acids is 1. The van der Waals surface area contributed by atoms with Gasteiger partial charge in [0, 0.05) is 35.6 Å². The summed E-state index contributed by atoms with van der Waals surface area (Å²) in [5, 5.41) is 11.1. The van der Waals surface area contributed by atoms with Crippen molar-refractivity contribution in [2.24, 2.45) is 5.41 Å². The summed E-state index contributed by atoms with van der Waals surface area (Å²) in [4.78, 5) is 17.5.